The van der Waals surface area contributed by atoms with Gasteiger partial charge in [0, 0.05) is 21.3 Å². The van der Waals surface area contributed by atoms with Crippen LogP contribution in [0, 0.1) is 0 Å². The highest BCUT2D eigenvalue weighted by molar-refractivity contribution is 9.10. The number of amides is 1. The third-order valence-electron chi connectivity index (χ3n) is 5.57. The minimum absolute atomic E-state index is 0.0601. The molecule has 0 unspecified atom stereocenters. The van der Waals surface area contributed by atoms with E-state index >= 15 is 0 Å². The number of methoxy groups -OCH3 is 1. The van der Waals surface area contributed by atoms with Gasteiger partial charge in [-0.2, -0.15) is 5.10 Å². The molecule has 0 aliphatic heterocycles. The fourth-order valence-corrected chi connectivity index (χ4v) is 4.74. The summed E-state index contributed by atoms with van der Waals surface area (Å²) in [5.41, 5.74) is 6.50. The Bertz CT molecular complexity index is 1400. The van der Waals surface area contributed by atoms with Crippen molar-refractivity contribution >= 4 is 39.8 Å². The first-order valence-corrected chi connectivity index (χ1v) is 13.4. The lowest BCUT2D eigenvalue weighted by atomic mass is 9.87. The minimum Gasteiger partial charge on any atom is -0.496 e. The number of para-hydroxylation sites is 1. The number of nitrogens with one attached hydrogen (secondary N) is 1. The van der Waals surface area contributed by atoms with Crippen LogP contribution < -0.4 is 10.2 Å². The van der Waals surface area contributed by atoms with Crippen molar-refractivity contribution in [2.75, 3.05) is 12.9 Å². The number of ether oxygens (including phenoxy) is 1. The Hall–Kier alpha value is -3.43. The SMILES string of the molecule is COc1ccc(Br)cc1C=NNC(=O)CSc1nnc(-c2ccc(C(C)(C)C)cc2)n1-c1ccccc1. The second kappa shape index (κ2) is 11.7. The number of halogens is 1. The van der Waals surface area contributed by atoms with Gasteiger partial charge in [0.25, 0.3) is 5.91 Å². The van der Waals surface area contributed by atoms with Crippen LogP contribution in [-0.4, -0.2) is 39.7 Å². The van der Waals surface area contributed by atoms with Crippen LogP contribution in [0.15, 0.2) is 87.5 Å². The summed E-state index contributed by atoms with van der Waals surface area (Å²) in [5.74, 6) is 1.25. The number of nitrogens with zero attached hydrogens (tertiary/aromatic N) is 4. The van der Waals surface area contributed by atoms with E-state index < -0.39 is 0 Å². The van der Waals surface area contributed by atoms with Gasteiger partial charge in [-0.15, -0.1) is 10.2 Å². The van der Waals surface area contributed by atoms with Gasteiger partial charge < -0.3 is 4.74 Å². The van der Waals surface area contributed by atoms with Crippen LogP contribution in [0.2, 0.25) is 0 Å². The Labute approximate surface area is 229 Å². The van der Waals surface area contributed by atoms with Crippen molar-refractivity contribution in [3.63, 3.8) is 0 Å². The summed E-state index contributed by atoms with van der Waals surface area (Å²) in [4.78, 5) is 12.5. The van der Waals surface area contributed by atoms with Crippen LogP contribution in [0.5, 0.6) is 5.75 Å². The highest BCUT2D eigenvalue weighted by Gasteiger charge is 2.19. The van der Waals surface area contributed by atoms with Gasteiger partial charge in [-0.05, 0) is 41.3 Å². The minimum atomic E-state index is -0.256. The van der Waals surface area contributed by atoms with Crippen LogP contribution >= 0.6 is 27.7 Å². The third-order valence-corrected chi connectivity index (χ3v) is 7.00. The van der Waals surface area contributed by atoms with Crippen LogP contribution in [-0.2, 0) is 10.2 Å². The normalized spacial score (nSPS) is 11.6. The molecule has 9 heteroatoms. The Morgan fingerprint density at radius 1 is 1.08 bits per heavy atom. The standard InChI is InChI=1S/C28H28BrN5O2S/c1-28(2,3)21-12-10-19(11-13-21)26-32-33-27(34(26)23-8-6-5-7-9-23)37-18-25(35)31-30-17-20-16-22(29)14-15-24(20)36-4/h5-17H,18H2,1-4H3,(H,31,35). The molecule has 1 aromatic heterocycles. The number of hydrogen-bond acceptors (Lipinski definition) is 6. The molecule has 37 heavy (non-hydrogen) atoms. The van der Waals surface area contributed by atoms with E-state index in [1.54, 1.807) is 13.3 Å². The lowest BCUT2D eigenvalue weighted by Crippen LogP contribution is -2.20. The number of thioether (sulfide) groups is 1. The number of carbonyl (C=O) groups is 1. The van der Waals surface area contributed by atoms with E-state index in [0.717, 1.165) is 21.3 Å². The molecule has 0 saturated carbocycles. The van der Waals surface area contributed by atoms with Gasteiger partial charge in [0.2, 0.25) is 0 Å². The Kier molecular flexibility index (Phi) is 8.45. The van der Waals surface area contributed by atoms with E-state index in [2.05, 4.69) is 81.7 Å². The van der Waals surface area contributed by atoms with Gasteiger partial charge >= 0.3 is 0 Å². The smallest absolute Gasteiger partial charge is 0.250 e. The first kappa shape index (κ1) is 26.6. The summed E-state index contributed by atoms with van der Waals surface area (Å²) >= 11 is 4.73. The van der Waals surface area contributed by atoms with Crippen molar-refractivity contribution in [2.24, 2.45) is 5.10 Å². The van der Waals surface area contributed by atoms with Gasteiger partial charge in [0.15, 0.2) is 11.0 Å². The Morgan fingerprint density at radius 2 is 1.81 bits per heavy atom. The molecule has 0 aliphatic rings. The monoisotopic (exact) mass is 577 g/mol. The van der Waals surface area contributed by atoms with Crippen molar-refractivity contribution in [2.45, 2.75) is 31.3 Å². The zero-order valence-corrected chi connectivity index (χ0v) is 23.5. The number of benzene rings is 3. The maximum absolute atomic E-state index is 12.5. The predicted octanol–water partition coefficient (Wildman–Crippen LogP) is 6.25. The molecule has 0 aliphatic carbocycles. The molecular weight excluding hydrogens is 550 g/mol. The summed E-state index contributed by atoms with van der Waals surface area (Å²) in [6.45, 7) is 6.56. The predicted molar refractivity (Wildman–Crippen MR) is 153 cm³/mol. The highest BCUT2D eigenvalue weighted by atomic mass is 79.9. The fraction of sp³-hybridized carbons (Fsp3) is 0.214. The molecule has 4 rings (SSSR count). The molecular formula is C28H28BrN5O2S. The quantitative estimate of drug-likeness (QED) is 0.152. The van der Waals surface area contributed by atoms with Crippen LogP contribution in [0.4, 0.5) is 0 Å². The number of rotatable bonds is 8. The summed E-state index contributed by atoms with van der Waals surface area (Å²) in [5, 5.41) is 13.6. The molecule has 1 heterocycles. The van der Waals surface area contributed by atoms with E-state index in [1.807, 2.05) is 53.1 Å². The van der Waals surface area contributed by atoms with E-state index in [-0.39, 0.29) is 17.1 Å². The van der Waals surface area contributed by atoms with E-state index in [9.17, 15) is 4.79 Å². The van der Waals surface area contributed by atoms with Crippen molar-refractivity contribution in [3.8, 4) is 22.8 Å². The summed E-state index contributed by atoms with van der Waals surface area (Å²) in [6, 6.07) is 23.8. The zero-order chi connectivity index (χ0) is 26.4. The molecule has 7 nitrogen and oxygen atoms in total. The summed E-state index contributed by atoms with van der Waals surface area (Å²) in [7, 11) is 1.59. The zero-order valence-electron chi connectivity index (χ0n) is 21.1. The molecule has 190 valence electrons. The number of hydrazone groups is 1. The van der Waals surface area contributed by atoms with Crippen LogP contribution in [0.1, 0.15) is 31.9 Å². The lowest BCUT2D eigenvalue weighted by molar-refractivity contribution is -0.118. The summed E-state index contributed by atoms with van der Waals surface area (Å²) in [6.07, 6.45) is 1.55. The van der Waals surface area contributed by atoms with Crippen LogP contribution in [0.25, 0.3) is 17.1 Å². The van der Waals surface area contributed by atoms with Crippen molar-refractivity contribution in [1.82, 2.24) is 20.2 Å². The van der Waals surface area contributed by atoms with E-state index in [1.165, 1.54) is 17.3 Å². The van der Waals surface area contributed by atoms with Crippen molar-refractivity contribution < 1.29 is 9.53 Å². The molecule has 0 radical (unpaired) electrons. The summed E-state index contributed by atoms with van der Waals surface area (Å²) < 4.78 is 8.19. The average Bonchev–Trinajstić information content (AvgIpc) is 3.32. The maximum atomic E-state index is 12.5. The molecule has 0 fully saturated rings. The largest absolute Gasteiger partial charge is 0.496 e. The number of carbonyl (C=O) groups excluding carboxylic acids is 1. The Morgan fingerprint density at radius 3 is 2.49 bits per heavy atom. The van der Waals surface area contributed by atoms with Gasteiger partial charge in [-0.1, -0.05) is 90.9 Å². The molecule has 0 spiro atoms. The number of aromatic nitrogens is 3. The van der Waals surface area contributed by atoms with Crippen molar-refractivity contribution in [3.05, 3.63) is 88.4 Å². The number of hydrogen-bond donors (Lipinski definition) is 1. The van der Waals surface area contributed by atoms with E-state index in [0.29, 0.717) is 16.7 Å². The average molecular weight is 579 g/mol. The Balaban J connectivity index is 1.51. The molecule has 0 atom stereocenters. The fourth-order valence-electron chi connectivity index (χ4n) is 3.62. The van der Waals surface area contributed by atoms with Gasteiger partial charge in [-0.3, -0.25) is 9.36 Å². The lowest BCUT2D eigenvalue weighted by Gasteiger charge is -2.19. The molecule has 4 aromatic rings. The first-order valence-electron chi connectivity index (χ1n) is 11.7. The van der Waals surface area contributed by atoms with Gasteiger partial charge in [0.05, 0.1) is 19.1 Å². The van der Waals surface area contributed by atoms with Crippen molar-refractivity contribution in [1.29, 1.82) is 0 Å². The molecule has 1 amide bonds. The second-order valence-electron chi connectivity index (χ2n) is 9.27. The molecule has 0 saturated heterocycles. The topological polar surface area (TPSA) is 81.4 Å². The third kappa shape index (κ3) is 6.67. The molecule has 0 bridgehead atoms. The van der Waals surface area contributed by atoms with Gasteiger partial charge in [-0.25, -0.2) is 5.43 Å². The first-order chi connectivity index (χ1) is 17.8. The molecule has 3 aromatic carbocycles. The van der Waals surface area contributed by atoms with Crippen LogP contribution in [0.3, 0.4) is 0 Å². The second-order valence-corrected chi connectivity index (χ2v) is 11.1. The van der Waals surface area contributed by atoms with E-state index in [4.69, 9.17) is 4.74 Å². The highest BCUT2D eigenvalue weighted by Crippen LogP contribution is 2.30. The maximum Gasteiger partial charge on any atom is 0.250 e. The molecule has 1 N–H and O–H groups in total. The van der Waals surface area contributed by atoms with Gasteiger partial charge in [0.1, 0.15) is 5.75 Å².